The lowest BCUT2D eigenvalue weighted by atomic mass is 10.4. The molecule has 0 saturated carbocycles. The van der Waals surface area contributed by atoms with E-state index in [9.17, 15) is 0 Å². The lowest BCUT2D eigenvalue weighted by molar-refractivity contribution is 1.45. The summed E-state index contributed by atoms with van der Waals surface area (Å²) in [6.07, 6.45) is 16.0. The van der Waals surface area contributed by atoms with Gasteiger partial charge in [-0.3, -0.25) is 0 Å². The monoisotopic (exact) mass is 238 g/mol. The number of allylic oxidation sites excluding steroid dienone is 8. The van der Waals surface area contributed by atoms with E-state index < -0.39 is 0 Å². The van der Waals surface area contributed by atoms with Gasteiger partial charge in [-0.2, -0.15) is 0 Å². The van der Waals surface area contributed by atoms with E-state index in [1.54, 1.807) is 0 Å². The van der Waals surface area contributed by atoms with Crippen LogP contribution in [0.3, 0.4) is 0 Å². The van der Waals surface area contributed by atoms with Crippen molar-refractivity contribution < 1.29 is 0 Å². The van der Waals surface area contributed by atoms with E-state index in [-0.39, 0.29) is 7.92 Å². The van der Waals surface area contributed by atoms with E-state index in [2.05, 4.69) is 66.8 Å². The third kappa shape index (κ3) is 2.18. The standard InChI is InChI=1S/C16H15P/c1-2-8-14(9-3-1)17(15-10-4-5-11-15)16-12-6-7-13-16/h1-4,6,8-13H,5,7H2. The van der Waals surface area contributed by atoms with Gasteiger partial charge < -0.3 is 0 Å². The average molecular weight is 238 g/mol. The second-order valence-electron chi connectivity index (χ2n) is 4.21. The molecule has 2 aliphatic rings. The summed E-state index contributed by atoms with van der Waals surface area (Å²) in [6.45, 7) is 0. The van der Waals surface area contributed by atoms with Crippen molar-refractivity contribution in [3.8, 4) is 0 Å². The van der Waals surface area contributed by atoms with Crippen LogP contribution in [-0.2, 0) is 0 Å². The third-order valence-electron chi connectivity index (χ3n) is 3.03. The minimum atomic E-state index is -0.309. The molecule has 0 bridgehead atoms. The van der Waals surface area contributed by atoms with Crippen LogP contribution in [0, 0.1) is 0 Å². The maximum atomic E-state index is 2.37. The van der Waals surface area contributed by atoms with Crippen LogP contribution >= 0.6 is 7.92 Å². The summed E-state index contributed by atoms with van der Waals surface area (Å²) in [6, 6.07) is 10.9. The van der Waals surface area contributed by atoms with Crippen molar-refractivity contribution in [1.29, 1.82) is 0 Å². The van der Waals surface area contributed by atoms with Crippen LogP contribution in [0.25, 0.3) is 0 Å². The summed E-state index contributed by atoms with van der Waals surface area (Å²) in [7, 11) is -0.309. The summed E-state index contributed by atoms with van der Waals surface area (Å²) >= 11 is 0. The average Bonchev–Trinajstić information content (AvgIpc) is 3.04. The molecule has 0 atom stereocenters. The fourth-order valence-corrected chi connectivity index (χ4v) is 4.70. The molecule has 0 N–H and O–H groups in total. The highest BCUT2D eigenvalue weighted by Crippen LogP contribution is 2.54. The topological polar surface area (TPSA) is 0 Å². The van der Waals surface area contributed by atoms with Gasteiger partial charge in [-0.1, -0.05) is 66.8 Å². The predicted octanol–water partition coefficient (Wildman–Crippen LogP) is 4.48. The van der Waals surface area contributed by atoms with Gasteiger partial charge in [0.15, 0.2) is 0 Å². The zero-order valence-electron chi connectivity index (χ0n) is 9.71. The Morgan fingerprint density at radius 3 is 1.82 bits per heavy atom. The van der Waals surface area contributed by atoms with Gasteiger partial charge in [0.1, 0.15) is 0 Å². The van der Waals surface area contributed by atoms with Gasteiger partial charge in [-0.05, 0) is 36.7 Å². The first-order valence-corrected chi connectivity index (χ1v) is 7.38. The van der Waals surface area contributed by atoms with Crippen molar-refractivity contribution in [3.63, 3.8) is 0 Å². The van der Waals surface area contributed by atoms with Crippen LogP contribution in [0.4, 0.5) is 0 Å². The summed E-state index contributed by atoms with van der Waals surface area (Å²) < 4.78 is 0. The Labute approximate surface area is 104 Å². The zero-order valence-corrected chi connectivity index (χ0v) is 10.6. The summed E-state index contributed by atoms with van der Waals surface area (Å²) in [5, 5.41) is 4.46. The van der Waals surface area contributed by atoms with E-state index >= 15 is 0 Å². The number of hydrogen-bond donors (Lipinski definition) is 0. The largest absolute Gasteiger partial charge is 0.0801 e. The second kappa shape index (κ2) is 4.85. The predicted molar refractivity (Wildman–Crippen MR) is 76.7 cm³/mol. The van der Waals surface area contributed by atoms with Crippen molar-refractivity contribution in [2.45, 2.75) is 12.8 Å². The Morgan fingerprint density at radius 1 is 0.765 bits per heavy atom. The van der Waals surface area contributed by atoms with E-state index in [0.29, 0.717) is 0 Å². The Morgan fingerprint density at radius 2 is 1.35 bits per heavy atom. The highest BCUT2D eigenvalue weighted by Gasteiger charge is 2.19. The smallest absolute Gasteiger partial charge is 0.0141 e. The second-order valence-corrected chi connectivity index (χ2v) is 6.43. The molecule has 0 amide bonds. The molecule has 1 heteroatoms. The Bertz CT molecular complexity index is 488. The van der Waals surface area contributed by atoms with Crippen LogP contribution in [0.5, 0.6) is 0 Å². The summed E-state index contributed by atoms with van der Waals surface area (Å²) in [5.41, 5.74) is 0. The molecule has 0 aliphatic heterocycles. The van der Waals surface area contributed by atoms with Crippen LogP contribution in [0.2, 0.25) is 0 Å². The minimum Gasteiger partial charge on any atom is -0.0801 e. The van der Waals surface area contributed by atoms with Gasteiger partial charge in [0.2, 0.25) is 0 Å². The molecular weight excluding hydrogens is 223 g/mol. The van der Waals surface area contributed by atoms with E-state index in [4.69, 9.17) is 0 Å². The van der Waals surface area contributed by atoms with E-state index in [1.807, 2.05) is 0 Å². The number of benzene rings is 1. The molecule has 1 aromatic rings. The van der Waals surface area contributed by atoms with Crippen LogP contribution < -0.4 is 5.30 Å². The number of hydrogen-bond acceptors (Lipinski definition) is 0. The quantitative estimate of drug-likeness (QED) is 0.681. The van der Waals surface area contributed by atoms with E-state index in [1.165, 1.54) is 15.9 Å². The number of rotatable bonds is 3. The highest BCUT2D eigenvalue weighted by atomic mass is 31.1. The SMILES string of the molecule is C1=CC(P(C2=CCC=C2)c2ccccc2)=CC1. The van der Waals surface area contributed by atoms with Crippen molar-refractivity contribution in [3.05, 3.63) is 77.4 Å². The minimum absolute atomic E-state index is 0.309. The molecule has 1 aromatic carbocycles. The Hall–Kier alpha value is -1.39. The first-order chi connectivity index (χ1) is 8.45. The van der Waals surface area contributed by atoms with Crippen molar-refractivity contribution >= 4 is 13.2 Å². The van der Waals surface area contributed by atoms with E-state index in [0.717, 1.165) is 12.8 Å². The highest BCUT2D eigenvalue weighted by molar-refractivity contribution is 7.74. The summed E-state index contributed by atoms with van der Waals surface area (Å²) in [5.74, 6) is 0. The van der Waals surface area contributed by atoms with Crippen LogP contribution in [-0.4, -0.2) is 0 Å². The molecule has 2 aliphatic carbocycles. The molecule has 0 aromatic heterocycles. The van der Waals surface area contributed by atoms with Gasteiger partial charge >= 0.3 is 0 Å². The molecule has 0 heterocycles. The molecule has 0 fully saturated rings. The lowest BCUT2D eigenvalue weighted by Gasteiger charge is -2.19. The molecule has 0 spiro atoms. The zero-order chi connectivity index (χ0) is 11.5. The van der Waals surface area contributed by atoms with Crippen molar-refractivity contribution in [2.75, 3.05) is 0 Å². The molecule has 3 rings (SSSR count). The normalized spacial score (nSPS) is 17.7. The molecule has 0 saturated heterocycles. The molecule has 0 unspecified atom stereocenters. The van der Waals surface area contributed by atoms with Gasteiger partial charge in [-0.15, -0.1) is 0 Å². The maximum Gasteiger partial charge on any atom is -0.0141 e. The first kappa shape index (κ1) is 10.7. The van der Waals surface area contributed by atoms with Gasteiger partial charge in [0, 0.05) is 0 Å². The maximum absolute atomic E-state index is 2.37. The fraction of sp³-hybridized carbons (Fsp3) is 0.125. The van der Waals surface area contributed by atoms with Crippen LogP contribution in [0.15, 0.2) is 77.4 Å². The lowest BCUT2D eigenvalue weighted by Crippen LogP contribution is -2.01. The Kier molecular flexibility index (Phi) is 3.07. The molecule has 17 heavy (non-hydrogen) atoms. The molecule has 84 valence electrons. The van der Waals surface area contributed by atoms with Gasteiger partial charge in [0.05, 0.1) is 0 Å². The van der Waals surface area contributed by atoms with Gasteiger partial charge in [-0.25, -0.2) is 0 Å². The van der Waals surface area contributed by atoms with Crippen LogP contribution in [0.1, 0.15) is 12.8 Å². The first-order valence-electron chi connectivity index (χ1n) is 6.04. The fourth-order valence-electron chi connectivity index (χ4n) is 2.25. The summed E-state index contributed by atoms with van der Waals surface area (Å²) in [4.78, 5) is 0. The molecule has 0 nitrogen and oxygen atoms in total. The van der Waals surface area contributed by atoms with Crippen molar-refractivity contribution in [1.82, 2.24) is 0 Å². The van der Waals surface area contributed by atoms with Crippen molar-refractivity contribution in [2.24, 2.45) is 0 Å². The molecular formula is C16H15P. The third-order valence-corrected chi connectivity index (χ3v) is 5.54. The molecule has 0 radical (unpaired) electrons. The Balaban J connectivity index is 2.02. The van der Waals surface area contributed by atoms with Gasteiger partial charge in [0.25, 0.3) is 0 Å².